The van der Waals surface area contributed by atoms with Crippen LogP contribution in [-0.2, 0) is 28.6 Å². The highest BCUT2D eigenvalue weighted by atomic mass is 33.1. The molecule has 1 aliphatic heterocycles. The molecule has 0 aromatic carbocycles. The van der Waals surface area contributed by atoms with E-state index in [0.717, 1.165) is 103 Å². The third kappa shape index (κ3) is 30.9. The van der Waals surface area contributed by atoms with Crippen LogP contribution in [0.25, 0.3) is 0 Å². The maximum absolute atomic E-state index is 12.6. The van der Waals surface area contributed by atoms with Gasteiger partial charge in [-0.1, -0.05) is 129 Å². The summed E-state index contributed by atoms with van der Waals surface area (Å²) in [6.45, 7) is 5.77. The van der Waals surface area contributed by atoms with Crippen molar-refractivity contribution in [1.82, 2.24) is 0 Å². The standard InChI is InChI=1S/C42H70O6S2/c1-3-5-7-9-11-13-15-16-17-18-19-21-23-25-27-32-41(44)47-37-38(48-42(45)33-29-28-30-39-34-35-49-50-39)36-46-40(43)31-26-24-22-20-14-12-10-8-6-4-2/h4,8,10-11,13,16-17,38-39H,2-3,5-7,9,12,14-15,18-37H2,1H3/b10-8+,13-11+,17-16+/t38?,39-/m1/s1. The SMILES string of the molecule is C=CC/C=C/CCCCCCCC(=O)OCC(COC(=O)CCCCCCC/C=C/C/C=C/CCCCC)OC(=O)CCCC[C@@H]1CCSS1. The van der Waals surface area contributed by atoms with Crippen LogP contribution < -0.4 is 0 Å². The van der Waals surface area contributed by atoms with Crippen molar-refractivity contribution >= 4 is 39.5 Å². The highest BCUT2D eigenvalue weighted by Crippen LogP contribution is 2.39. The fraction of sp³-hybridized carbons (Fsp3) is 0.738. The maximum Gasteiger partial charge on any atom is 0.306 e. The lowest BCUT2D eigenvalue weighted by atomic mass is 10.1. The molecule has 0 amide bonds. The van der Waals surface area contributed by atoms with Gasteiger partial charge in [0.1, 0.15) is 13.2 Å². The molecule has 1 unspecified atom stereocenters. The molecule has 1 heterocycles. The Kier molecular flexibility index (Phi) is 32.7. The number of rotatable bonds is 34. The Hall–Kier alpha value is -1.93. The molecule has 286 valence electrons. The summed E-state index contributed by atoms with van der Waals surface area (Å²) in [6, 6.07) is 0. The molecular formula is C42H70O6S2. The van der Waals surface area contributed by atoms with Crippen molar-refractivity contribution in [1.29, 1.82) is 0 Å². The fourth-order valence-corrected chi connectivity index (χ4v) is 8.56. The molecule has 0 saturated carbocycles. The molecule has 1 aliphatic rings. The first kappa shape index (κ1) is 46.1. The van der Waals surface area contributed by atoms with Crippen molar-refractivity contribution in [3.8, 4) is 0 Å². The Bertz CT molecular complexity index is 941. The third-order valence-electron chi connectivity index (χ3n) is 8.60. The van der Waals surface area contributed by atoms with E-state index in [0.29, 0.717) is 24.5 Å². The van der Waals surface area contributed by atoms with Crippen LogP contribution in [0.3, 0.4) is 0 Å². The molecule has 1 fully saturated rings. The van der Waals surface area contributed by atoms with E-state index in [-0.39, 0.29) is 31.1 Å². The normalized spacial score (nSPS) is 15.3. The predicted molar refractivity (Wildman–Crippen MR) is 214 cm³/mol. The van der Waals surface area contributed by atoms with Crippen LogP contribution in [0.5, 0.6) is 0 Å². The summed E-state index contributed by atoms with van der Waals surface area (Å²) >= 11 is 0. The van der Waals surface area contributed by atoms with Crippen molar-refractivity contribution in [3.63, 3.8) is 0 Å². The van der Waals surface area contributed by atoms with Gasteiger partial charge in [-0.25, -0.2) is 0 Å². The summed E-state index contributed by atoms with van der Waals surface area (Å²) in [5.41, 5.74) is 0. The van der Waals surface area contributed by atoms with Gasteiger partial charge in [-0.15, -0.1) is 6.58 Å². The van der Waals surface area contributed by atoms with Crippen LogP contribution >= 0.6 is 21.6 Å². The van der Waals surface area contributed by atoms with Gasteiger partial charge in [0.15, 0.2) is 6.10 Å². The van der Waals surface area contributed by atoms with Crippen molar-refractivity contribution in [2.75, 3.05) is 19.0 Å². The van der Waals surface area contributed by atoms with E-state index in [2.05, 4.69) is 50.0 Å². The van der Waals surface area contributed by atoms with Gasteiger partial charge in [0, 0.05) is 30.3 Å². The summed E-state index contributed by atoms with van der Waals surface area (Å²) in [5.74, 6) is 0.275. The van der Waals surface area contributed by atoms with Gasteiger partial charge in [-0.05, 0) is 83.5 Å². The Morgan fingerprint density at radius 2 is 1.14 bits per heavy atom. The number of allylic oxidation sites excluding steroid dienone is 7. The predicted octanol–water partition coefficient (Wildman–Crippen LogP) is 12.4. The average molecular weight is 735 g/mol. The summed E-state index contributed by atoms with van der Waals surface area (Å²) < 4.78 is 16.6. The maximum atomic E-state index is 12.6. The summed E-state index contributed by atoms with van der Waals surface area (Å²) in [6.07, 6.45) is 39.1. The van der Waals surface area contributed by atoms with Gasteiger partial charge in [-0.3, -0.25) is 14.4 Å². The average Bonchev–Trinajstić information content (AvgIpc) is 3.64. The van der Waals surface area contributed by atoms with Crippen molar-refractivity contribution in [2.45, 2.75) is 179 Å². The number of ether oxygens (including phenoxy) is 3. The van der Waals surface area contributed by atoms with Gasteiger partial charge >= 0.3 is 17.9 Å². The lowest BCUT2D eigenvalue weighted by molar-refractivity contribution is -0.167. The zero-order valence-corrected chi connectivity index (χ0v) is 33.1. The zero-order valence-electron chi connectivity index (χ0n) is 31.5. The molecule has 0 bridgehead atoms. The highest BCUT2D eigenvalue weighted by Gasteiger charge is 2.20. The van der Waals surface area contributed by atoms with Gasteiger partial charge in [0.05, 0.1) is 0 Å². The van der Waals surface area contributed by atoms with Crippen LogP contribution in [0.15, 0.2) is 49.1 Å². The molecule has 0 aromatic heterocycles. The van der Waals surface area contributed by atoms with Crippen molar-refractivity contribution < 1.29 is 28.6 Å². The smallest absolute Gasteiger partial charge is 0.306 e. The second kappa shape index (κ2) is 35.5. The van der Waals surface area contributed by atoms with E-state index in [1.165, 1.54) is 44.3 Å². The molecule has 0 spiro atoms. The Balaban J connectivity index is 2.26. The molecule has 8 heteroatoms. The number of hydrogen-bond acceptors (Lipinski definition) is 8. The molecule has 50 heavy (non-hydrogen) atoms. The van der Waals surface area contributed by atoms with Crippen LogP contribution in [0.2, 0.25) is 0 Å². The minimum absolute atomic E-state index is 0.0880. The van der Waals surface area contributed by atoms with Crippen molar-refractivity contribution in [2.24, 2.45) is 0 Å². The Labute approximate surface area is 313 Å². The topological polar surface area (TPSA) is 78.9 Å². The second-order valence-corrected chi connectivity index (χ2v) is 16.1. The first-order valence-corrected chi connectivity index (χ1v) is 22.3. The monoisotopic (exact) mass is 734 g/mol. The van der Waals surface area contributed by atoms with Crippen LogP contribution in [-0.4, -0.2) is 48.2 Å². The zero-order chi connectivity index (χ0) is 36.2. The minimum Gasteiger partial charge on any atom is -0.462 e. The van der Waals surface area contributed by atoms with Crippen LogP contribution in [0.4, 0.5) is 0 Å². The van der Waals surface area contributed by atoms with Gasteiger partial charge < -0.3 is 14.2 Å². The fourth-order valence-electron chi connectivity index (χ4n) is 5.54. The quantitative estimate of drug-likeness (QED) is 0.0213. The number of hydrogen-bond donors (Lipinski definition) is 0. The van der Waals surface area contributed by atoms with Crippen LogP contribution in [0, 0.1) is 0 Å². The first-order chi connectivity index (χ1) is 24.5. The van der Waals surface area contributed by atoms with E-state index >= 15 is 0 Å². The minimum atomic E-state index is -0.782. The summed E-state index contributed by atoms with van der Waals surface area (Å²) in [7, 11) is 3.88. The molecule has 2 atom stereocenters. The van der Waals surface area contributed by atoms with Gasteiger partial charge in [0.25, 0.3) is 0 Å². The van der Waals surface area contributed by atoms with Crippen molar-refractivity contribution in [3.05, 3.63) is 49.1 Å². The molecule has 0 aromatic rings. The third-order valence-corrected chi connectivity index (χ3v) is 11.6. The van der Waals surface area contributed by atoms with Crippen LogP contribution in [0.1, 0.15) is 167 Å². The molecule has 1 saturated heterocycles. The van der Waals surface area contributed by atoms with Gasteiger partial charge in [-0.2, -0.15) is 0 Å². The lowest BCUT2D eigenvalue weighted by Gasteiger charge is -2.18. The molecular weight excluding hydrogens is 665 g/mol. The second-order valence-electron chi connectivity index (χ2n) is 13.3. The molecule has 1 rings (SSSR count). The summed E-state index contributed by atoms with van der Waals surface area (Å²) in [4.78, 5) is 37.5. The van der Waals surface area contributed by atoms with Gasteiger partial charge in [0.2, 0.25) is 0 Å². The largest absolute Gasteiger partial charge is 0.462 e. The molecule has 0 aliphatic carbocycles. The summed E-state index contributed by atoms with van der Waals surface area (Å²) in [5, 5.41) is 0.687. The van der Waals surface area contributed by atoms with E-state index in [4.69, 9.17) is 14.2 Å². The highest BCUT2D eigenvalue weighted by molar-refractivity contribution is 8.77. The Morgan fingerprint density at radius 3 is 1.68 bits per heavy atom. The number of unbranched alkanes of at least 4 members (excludes halogenated alkanes) is 14. The molecule has 6 nitrogen and oxygen atoms in total. The van der Waals surface area contributed by atoms with E-state index in [9.17, 15) is 14.4 Å². The molecule has 0 radical (unpaired) electrons. The molecule has 0 N–H and O–H groups in total. The van der Waals surface area contributed by atoms with E-state index < -0.39 is 6.10 Å². The number of carbonyl (C=O) groups excluding carboxylic acids is 3. The first-order valence-electron chi connectivity index (χ1n) is 19.9. The number of esters is 3. The lowest BCUT2D eigenvalue weighted by Crippen LogP contribution is -2.30. The van der Waals surface area contributed by atoms with E-state index in [1.807, 2.05) is 27.7 Å². The number of carbonyl (C=O) groups is 3. The van der Waals surface area contributed by atoms with E-state index in [1.54, 1.807) is 0 Å². The Morgan fingerprint density at radius 1 is 0.640 bits per heavy atom.